The molecule has 5 unspecified atom stereocenters. The van der Waals surface area contributed by atoms with Crippen LogP contribution < -0.4 is 0 Å². The van der Waals surface area contributed by atoms with Gasteiger partial charge in [0.1, 0.15) is 0 Å². The number of rotatable bonds is 0. The lowest BCUT2D eigenvalue weighted by atomic mass is 9.49. The van der Waals surface area contributed by atoms with Crippen LogP contribution in [0.3, 0.4) is 0 Å². The van der Waals surface area contributed by atoms with E-state index in [1.807, 2.05) is 6.92 Å². The Balaban J connectivity index is 1.91. The second-order valence-electron chi connectivity index (χ2n) is 8.96. The van der Waals surface area contributed by atoms with Crippen LogP contribution in [-0.2, 0) is 4.74 Å². The molecule has 0 amide bonds. The number of fused-ring (bicyclic) bond motifs is 3. The van der Waals surface area contributed by atoms with Gasteiger partial charge in [-0.2, -0.15) is 0 Å². The summed E-state index contributed by atoms with van der Waals surface area (Å²) in [5.74, 6) is 2.16. The van der Waals surface area contributed by atoms with Crippen LogP contribution in [-0.4, -0.2) is 16.5 Å². The summed E-state index contributed by atoms with van der Waals surface area (Å²) in [6, 6.07) is 0. The van der Waals surface area contributed by atoms with Crippen molar-refractivity contribution >= 4 is 0 Å². The van der Waals surface area contributed by atoms with Crippen molar-refractivity contribution in [2.45, 2.75) is 84.5 Å². The van der Waals surface area contributed by atoms with Crippen molar-refractivity contribution in [3.63, 3.8) is 0 Å². The summed E-state index contributed by atoms with van der Waals surface area (Å²) in [6.07, 6.45) is 7.04. The molecule has 0 aromatic heterocycles. The minimum Gasteiger partial charge on any atom is -0.366 e. The van der Waals surface area contributed by atoms with E-state index < -0.39 is 5.79 Å². The van der Waals surface area contributed by atoms with E-state index in [0.29, 0.717) is 11.3 Å². The number of aliphatic hydroxyl groups is 1. The zero-order valence-electron chi connectivity index (χ0n) is 13.9. The first kappa shape index (κ1) is 14.8. The molecule has 20 heavy (non-hydrogen) atoms. The van der Waals surface area contributed by atoms with Gasteiger partial charge in [-0.1, -0.05) is 20.8 Å². The summed E-state index contributed by atoms with van der Waals surface area (Å²) < 4.78 is 6.19. The minimum absolute atomic E-state index is 0.107. The number of hydrogen-bond donors (Lipinski definition) is 1. The molecule has 0 spiro atoms. The Bertz CT molecular complexity index is 387. The molecule has 0 bridgehead atoms. The Labute approximate surface area is 124 Å². The van der Waals surface area contributed by atoms with Gasteiger partial charge in [-0.15, -0.1) is 0 Å². The van der Waals surface area contributed by atoms with Gasteiger partial charge < -0.3 is 9.84 Å². The molecule has 3 fully saturated rings. The summed E-state index contributed by atoms with van der Waals surface area (Å²) in [5, 5.41) is 10.3. The Morgan fingerprint density at radius 2 is 1.55 bits per heavy atom. The van der Waals surface area contributed by atoms with Gasteiger partial charge in [0.15, 0.2) is 5.79 Å². The van der Waals surface area contributed by atoms with Crippen LogP contribution in [0.2, 0.25) is 0 Å². The third-order valence-electron chi connectivity index (χ3n) is 6.94. The lowest BCUT2D eigenvalue weighted by molar-refractivity contribution is -0.318. The summed E-state index contributed by atoms with van der Waals surface area (Å²) in [6.45, 7) is 11.5. The molecule has 1 saturated heterocycles. The lowest BCUT2D eigenvalue weighted by Crippen LogP contribution is -2.60. The normalized spacial score (nSPS) is 54.9. The van der Waals surface area contributed by atoms with Gasteiger partial charge in [0.05, 0.1) is 5.60 Å². The van der Waals surface area contributed by atoms with Crippen molar-refractivity contribution in [3.8, 4) is 0 Å². The zero-order valence-corrected chi connectivity index (χ0v) is 13.9. The zero-order chi connectivity index (χ0) is 14.8. The van der Waals surface area contributed by atoms with Gasteiger partial charge >= 0.3 is 0 Å². The molecule has 116 valence electrons. The molecule has 2 nitrogen and oxygen atoms in total. The van der Waals surface area contributed by atoms with E-state index in [-0.39, 0.29) is 5.60 Å². The van der Waals surface area contributed by atoms with Gasteiger partial charge in [0.25, 0.3) is 0 Å². The topological polar surface area (TPSA) is 29.5 Å². The smallest absolute Gasteiger partial charge is 0.163 e. The van der Waals surface area contributed by atoms with E-state index >= 15 is 0 Å². The van der Waals surface area contributed by atoms with Crippen LogP contribution in [0.1, 0.15) is 73.1 Å². The van der Waals surface area contributed by atoms with Gasteiger partial charge in [-0.3, -0.25) is 0 Å². The maximum absolute atomic E-state index is 10.3. The predicted octanol–water partition coefficient (Wildman–Crippen LogP) is 4.36. The van der Waals surface area contributed by atoms with Gasteiger partial charge in [0, 0.05) is 6.42 Å². The molecule has 1 N–H and O–H groups in total. The fraction of sp³-hybridized carbons (Fsp3) is 1.00. The van der Waals surface area contributed by atoms with Gasteiger partial charge in [0.2, 0.25) is 0 Å². The van der Waals surface area contributed by atoms with Crippen molar-refractivity contribution in [1.82, 2.24) is 0 Å². The highest BCUT2D eigenvalue weighted by atomic mass is 16.6. The van der Waals surface area contributed by atoms with E-state index in [4.69, 9.17) is 4.74 Å². The van der Waals surface area contributed by atoms with E-state index in [9.17, 15) is 5.11 Å². The van der Waals surface area contributed by atoms with Crippen LogP contribution in [0.4, 0.5) is 0 Å². The maximum Gasteiger partial charge on any atom is 0.163 e. The summed E-state index contributed by atoms with van der Waals surface area (Å²) in [7, 11) is 0. The van der Waals surface area contributed by atoms with E-state index in [0.717, 1.165) is 37.0 Å². The van der Waals surface area contributed by atoms with Crippen LogP contribution in [0.5, 0.6) is 0 Å². The highest BCUT2D eigenvalue weighted by molar-refractivity contribution is 5.05. The fourth-order valence-corrected chi connectivity index (χ4v) is 5.79. The largest absolute Gasteiger partial charge is 0.366 e. The first-order chi connectivity index (χ1) is 9.15. The fourth-order valence-electron chi connectivity index (χ4n) is 5.79. The summed E-state index contributed by atoms with van der Waals surface area (Å²) >= 11 is 0. The molecule has 0 aromatic carbocycles. The summed E-state index contributed by atoms with van der Waals surface area (Å²) in [4.78, 5) is 0. The SMILES string of the molecule is C[C@H]1CCC(C)(C)C2CCC3(C)OC(C)(O)CCC3C21. The number of ether oxygens (including phenoxy) is 1. The molecule has 0 radical (unpaired) electrons. The monoisotopic (exact) mass is 280 g/mol. The van der Waals surface area contributed by atoms with Crippen molar-refractivity contribution in [3.05, 3.63) is 0 Å². The molecular weight excluding hydrogens is 248 g/mol. The number of hydrogen-bond acceptors (Lipinski definition) is 2. The maximum atomic E-state index is 10.3. The quantitative estimate of drug-likeness (QED) is 0.714. The highest BCUT2D eigenvalue weighted by Gasteiger charge is 2.57. The standard InChI is InChI=1S/C18H32O2/c1-12-6-9-16(2,3)13-7-10-17(4)14(15(12)13)8-11-18(5,19)20-17/h12-15,19H,6-11H2,1-5H3/t12-,13?,14?,15?,17?,18?/m0/s1. The van der Waals surface area contributed by atoms with Crippen molar-refractivity contribution < 1.29 is 9.84 Å². The Morgan fingerprint density at radius 1 is 0.900 bits per heavy atom. The van der Waals surface area contributed by atoms with Crippen LogP contribution in [0.15, 0.2) is 0 Å². The third kappa shape index (κ3) is 2.23. The van der Waals surface area contributed by atoms with Crippen molar-refractivity contribution in [1.29, 1.82) is 0 Å². The lowest BCUT2D eigenvalue weighted by Gasteiger charge is -2.61. The van der Waals surface area contributed by atoms with E-state index in [1.165, 1.54) is 19.3 Å². The van der Waals surface area contributed by atoms with E-state index in [1.54, 1.807) is 0 Å². The third-order valence-corrected chi connectivity index (χ3v) is 6.94. The molecule has 6 atom stereocenters. The van der Waals surface area contributed by atoms with Crippen LogP contribution in [0.25, 0.3) is 0 Å². The Kier molecular flexibility index (Phi) is 3.31. The molecule has 2 aliphatic carbocycles. The van der Waals surface area contributed by atoms with Crippen LogP contribution in [0, 0.1) is 29.1 Å². The molecule has 2 saturated carbocycles. The molecule has 1 aliphatic heterocycles. The van der Waals surface area contributed by atoms with E-state index in [2.05, 4.69) is 27.7 Å². The molecular formula is C18H32O2. The first-order valence-corrected chi connectivity index (χ1v) is 8.57. The van der Waals surface area contributed by atoms with Gasteiger partial charge in [-0.25, -0.2) is 0 Å². The molecule has 0 aromatic rings. The molecule has 2 heteroatoms. The van der Waals surface area contributed by atoms with Crippen LogP contribution >= 0.6 is 0 Å². The molecule has 3 aliphatic rings. The minimum atomic E-state index is -0.911. The van der Waals surface area contributed by atoms with Gasteiger partial charge in [-0.05, 0) is 75.0 Å². The molecule has 3 rings (SSSR count). The average Bonchev–Trinajstić information content (AvgIpc) is 2.31. The molecule has 1 heterocycles. The second-order valence-corrected chi connectivity index (χ2v) is 8.96. The average molecular weight is 280 g/mol. The highest BCUT2D eigenvalue weighted by Crippen LogP contribution is 2.60. The Hall–Kier alpha value is -0.0800. The van der Waals surface area contributed by atoms with Crippen molar-refractivity contribution in [2.75, 3.05) is 0 Å². The van der Waals surface area contributed by atoms with Crippen molar-refractivity contribution in [2.24, 2.45) is 29.1 Å². The first-order valence-electron chi connectivity index (χ1n) is 8.57. The Morgan fingerprint density at radius 3 is 2.25 bits per heavy atom. The predicted molar refractivity (Wildman–Crippen MR) is 81.2 cm³/mol. The second kappa shape index (κ2) is 4.46. The summed E-state index contributed by atoms with van der Waals surface area (Å²) in [5.41, 5.74) is 0.378.